The summed E-state index contributed by atoms with van der Waals surface area (Å²) >= 11 is 1.15. The second-order valence-corrected chi connectivity index (χ2v) is 8.36. The van der Waals surface area contributed by atoms with Crippen molar-refractivity contribution in [2.75, 3.05) is 6.54 Å². The molecule has 0 fully saturated rings. The molecule has 0 aliphatic carbocycles. The second kappa shape index (κ2) is 11.2. The van der Waals surface area contributed by atoms with Crippen LogP contribution in [-0.2, 0) is 11.7 Å². The molecule has 1 unspecified atom stereocenters. The third-order valence-corrected chi connectivity index (χ3v) is 6.04. The molecule has 0 bridgehead atoms. The highest BCUT2D eigenvalue weighted by Crippen LogP contribution is 2.43. The highest BCUT2D eigenvalue weighted by Gasteiger charge is 2.45. The van der Waals surface area contributed by atoms with Gasteiger partial charge < -0.3 is 5.73 Å². The van der Waals surface area contributed by atoms with E-state index >= 15 is 8.78 Å². The van der Waals surface area contributed by atoms with Gasteiger partial charge in [-0.05, 0) is 41.5 Å². The van der Waals surface area contributed by atoms with E-state index in [1.165, 1.54) is 24.4 Å². The molecular weight excluding hydrogens is 487 g/mol. The van der Waals surface area contributed by atoms with Crippen molar-refractivity contribution in [2.24, 2.45) is 16.7 Å². The van der Waals surface area contributed by atoms with Crippen LogP contribution in [0.3, 0.4) is 0 Å². The van der Waals surface area contributed by atoms with Gasteiger partial charge in [-0.15, -0.1) is 11.8 Å². The normalized spacial score (nSPS) is 12.5. The zero-order valence-electron chi connectivity index (χ0n) is 18.0. The molecule has 6 nitrogen and oxygen atoms in total. The highest BCUT2D eigenvalue weighted by molar-refractivity contribution is 7.98. The van der Waals surface area contributed by atoms with Crippen LogP contribution in [0, 0.1) is 28.8 Å². The van der Waals surface area contributed by atoms with Gasteiger partial charge in [0.1, 0.15) is 29.5 Å². The number of hydrogen-bond donors (Lipinski definition) is 2. The van der Waals surface area contributed by atoms with Gasteiger partial charge >= 0.3 is 0 Å². The van der Waals surface area contributed by atoms with Gasteiger partial charge in [0.05, 0.1) is 24.1 Å². The fourth-order valence-corrected chi connectivity index (χ4v) is 4.10. The topological polar surface area (TPSA) is 104 Å². The highest BCUT2D eigenvalue weighted by atomic mass is 32.2. The van der Waals surface area contributed by atoms with Crippen molar-refractivity contribution in [2.45, 2.75) is 22.5 Å². The van der Waals surface area contributed by atoms with E-state index in [2.05, 4.69) is 10.1 Å². The van der Waals surface area contributed by atoms with E-state index in [-0.39, 0.29) is 11.3 Å². The summed E-state index contributed by atoms with van der Waals surface area (Å²) in [4.78, 5) is 4.31. The van der Waals surface area contributed by atoms with E-state index in [0.29, 0.717) is 21.6 Å². The number of nitrogens with two attached hydrogens (primary N) is 2. The maximum absolute atomic E-state index is 15.5. The van der Waals surface area contributed by atoms with E-state index < -0.39 is 47.1 Å². The molecule has 0 saturated carbocycles. The maximum atomic E-state index is 15.5. The van der Waals surface area contributed by atoms with E-state index in [4.69, 9.17) is 16.8 Å². The minimum Gasteiger partial charge on any atom is -0.388 e. The Morgan fingerprint density at radius 2 is 1.89 bits per heavy atom. The van der Waals surface area contributed by atoms with Crippen LogP contribution in [0.15, 0.2) is 64.7 Å². The van der Waals surface area contributed by atoms with Gasteiger partial charge in [0.15, 0.2) is 0 Å². The minimum absolute atomic E-state index is 0.178. The molecule has 1 atom stereocenters. The van der Waals surface area contributed by atoms with Gasteiger partial charge in [-0.25, -0.2) is 24.1 Å². The predicted octanol–water partition coefficient (Wildman–Crippen LogP) is 4.62. The average Bonchev–Trinajstić information content (AvgIpc) is 2.82. The number of hydrazone groups is 1. The van der Waals surface area contributed by atoms with Crippen molar-refractivity contribution in [1.82, 2.24) is 10.1 Å². The first-order valence-corrected chi connectivity index (χ1v) is 11.0. The summed E-state index contributed by atoms with van der Waals surface area (Å²) in [6.45, 7) is -0.653. The molecule has 0 aliphatic rings. The number of aromatic nitrogens is 1. The molecule has 3 aromatic rings. The fourth-order valence-electron chi connectivity index (χ4n) is 3.25. The minimum atomic E-state index is -3.73. The van der Waals surface area contributed by atoms with Crippen molar-refractivity contribution in [3.63, 3.8) is 0 Å². The Hall–Kier alpha value is -3.69. The lowest BCUT2D eigenvalue weighted by atomic mass is 9.89. The average molecular weight is 507 g/mol. The van der Waals surface area contributed by atoms with Crippen molar-refractivity contribution in [1.29, 1.82) is 5.26 Å². The smallest absolute Gasteiger partial charge is 0.298 e. The lowest BCUT2D eigenvalue weighted by Gasteiger charge is -2.29. The van der Waals surface area contributed by atoms with Crippen LogP contribution in [0.25, 0.3) is 0 Å². The number of halogens is 5. The number of nitrogens with zero attached hydrogens (tertiary/aromatic N) is 4. The predicted molar refractivity (Wildman–Crippen MR) is 121 cm³/mol. The lowest BCUT2D eigenvalue weighted by Crippen LogP contribution is -2.38. The first-order chi connectivity index (χ1) is 16.6. The number of nitriles is 1. The molecule has 0 amide bonds. The quantitative estimate of drug-likeness (QED) is 0.110. The molecule has 0 spiro atoms. The van der Waals surface area contributed by atoms with Crippen LogP contribution in [0.1, 0.15) is 28.3 Å². The van der Waals surface area contributed by atoms with Gasteiger partial charge in [0.2, 0.25) is 0 Å². The SMILES string of the molecule is N#Cc1ccc(CSc2ccc(C(F)(F)C(CN(N)/N=C\N)c3ccc(F)cc3F)nc2)c(F)c1. The van der Waals surface area contributed by atoms with Gasteiger partial charge in [-0.1, -0.05) is 12.1 Å². The number of benzene rings is 2. The Morgan fingerprint density at radius 1 is 1.11 bits per heavy atom. The monoisotopic (exact) mass is 506 g/mol. The first-order valence-electron chi connectivity index (χ1n) is 10.0. The Balaban J connectivity index is 1.84. The zero-order chi connectivity index (χ0) is 25.6. The molecule has 3 rings (SSSR count). The summed E-state index contributed by atoms with van der Waals surface area (Å²) in [5, 5.41) is 12.9. The molecule has 0 aliphatic heterocycles. The zero-order valence-corrected chi connectivity index (χ0v) is 18.8. The Kier molecular flexibility index (Phi) is 8.26. The van der Waals surface area contributed by atoms with Crippen LogP contribution in [0.2, 0.25) is 0 Å². The number of pyridine rings is 1. The number of hydrogen-bond acceptors (Lipinski definition) is 6. The Bertz CT molecular complexity index is 1250. The molecule has 0 radical (unpaired) electrons. The molecule has 1 heterocycles. The Labute approximate surface area is 202 Å². The standard InChI is InChI=1S/C23H19F5N6S/c24-16-3-5-18(21(26)8-16)19(11-34(31)33-13-30)23(27,28)22-6-4-17(10-32-22)35-12-15-2-1-14(9-29)7-20(15)25/h1-8,10,13,19H,11-12,31H2,(H2,30,33). The van der Waals surface area contributed by atoms with Crippen LogP contribution in [-0.4, -0.2) is 23.0 Å². The van der Waals surface area contributed by atoms with Crippen LogP contribution in [0.5, 0.6) is 0 Å². The number of thioether (sulfide) groups is 1. The maximum Gasteiger partial charge on any atom is 0.298 e. The molecule has 12 heteroatoms. The van der Waals surface area contributed by atoms with Crippen molar-refractivity contribution >= 4 is 18.1 Å². The van der Waals surface area contributed by atoms with Crippen molar-refractivity contribution in [3.8, 4) is 6.07 Å². The van der Waals surface area contributed by atoms with Crippen LogP contribution in [0.4, 0.5) is 22.0 Å². The molecule has 1 aromatic heterocycles. The van der Waals surface area contributed by atoms with E-state index in [1.54, 1.807) is 0 Å². The summed E-state index contributed by atoms with van der Waals surface area (Å²) < 4.78 is 72.9. The second-order valence-electron chi connectivity index (χ2n) is 7.31. The lowest BCUT2D eigenvalue weighted by molar-refractivity contribution is -0.0489. The molecule has 4 N–H and O–H groups in total. The molecular formula is C23H19F5N6S. The number of alkyl halides is 2. The Morgan fingerprint density at radius 3 is 2.49 bits per heavy atom. The largest absolute Gasteiger partial charge is 0.388 e. The van der Waals surface area contributed by atoms with Gasteiger partial charge in [-0.3, -0.25) is 4.98 Å². The van der Waals surface area contributed by atoms with Crippen molar-refractivity contribution in [3.05, 3.63) is 94.6 Å². The molecule has 182 valence electrons. The summed E-state index contributed by atoms with van der Waals surface area (Å²) in [5.41, 5.74) is 4.51. The summed E-state index contributed by atoms with van der Waals surface area (Å²) in [6, 6.07) is 10.6. The van der Waals surface area contributed by atoms with E-state index in [9.17, 15) is 13.2 Å². The summed E-state index contributed by atoms with van der Waals surface area (Å²) in [6.07, 6.45) is 1.98. The molecule has 0 saturated heterocycles. The van der Waals surface area contributed by atoms with E-state index in [0.717, 1.165) is 42.4 Å². The number of hydrazine groups is 1. The van der Waals surface area contributed by atoms with Crippen LogP contribution < -0.4 is 11.6 Å². The van der Waals surface area contributed by atoms with E-state index in [1.807, 2.05) is 6.07 Å². The summed E-state index contributed by atoms with van der Waals surface area (Å²) in [7, 11) is 0. The number of rotatable bonds is 9. The van der Waals surface area contributed by atoms with Crippen LogP contribution >= 0.6 is 11.8 Å². The van der Waals surface area contributed by atoms with Crippen molar-refractivity contribution < 1.29 is 22.0 Å². The molecule has 35 heavy (non-hydrogen) atoms. The molecule has 2 aromatic carbocycles. The third-order valence-electron chi connectivity index (χ3n) is 5.01. The summed E-state index contributed by atoms with van der Waals surface area (Å²) in [5.74, 6) is -2.50. The first kappa shape index (κ1) is 25.9. The van der Waals surface area contributed by atoms with Gasteiger partial charge in [0.25, 0.3) is 5.92 Å². The van der Waals surface area contributed by atoms with Gasteiger partial charge in [-0.2, -0.15) is 19.1 Å². The fraction of sp³-hybridized carbons (Fsp3) is 0.174. The van der Waals surface area contributed by atoms with Gasteiger partial charge in [0, 0.05) is 22.9 Å². The third kappa shape index (κ3) is 6.26.